The lowest BCUT2D eigenvalue weighted by Crippen LogP contribution is -2.25. The van der Waals surface area contributed by atoms with Gasteiger partial charge in [0.2, 0.25) is 0 Å². The number of aromatic nitrogens is 1. The standard InChI is InChI=1S/C17H22N2O2/c1-4-12(5-2)11(3)18-16-10-14(17(20)21)13-8-6-7-9-15(13)19-16/h6-12H,4-5H2,1-3H3,(H,18,19)(H,20,21). The highest BCUT2D eigenvalue weighted by atomic mass is 16.4. The lowest BCUT2D eigenvalue weighted by Gasteiger charge is -2.23. The third-order valence-electron chi connectivity index (χ3n) is 4.08. The van der Waals surface area contributed by atoms with Gasteiger partial charge >= 0.3 is 5.97 Å². The zero-order valence-corrected chi connectivity index (χ0v) is 12.8. The minimum atomic E-state index is -0.924. The summed E-state index contributed by atoms with van der Waals surface area (Å²) in [6.45, 7) is 6.46. The van der Waals surface area contributed by atoms with Crippen LogP contribution in [-0.4, -0.2) is 22.1 Å². The highest BCUT2D eigenvalue weighted by molar-refractivity contribution is 6.03. The first-order chi connectivity index (χ1) is 10.1. The summed E-state index contributed by atoms with van der Waals surface area (Å²) in [5.74, 6) is 0.254. The topological polar surface area (TPSA) is 62.2 Å². The van der Waals surface area contributed by atoms with Crippen molar-refractivity contribution in [2.75, 3.05) is 5.32 Å². The highest BCUT2D eigenvalue weighted by Gasteiger charge is 2.16. The molecule has 1 aromatic carbocycles. The summed E-state index contributed by atoms with van der Waals surface area (Å²) < 4.78 is 0. The average molecular weight is 286 g/mol. The number of rotatable bonds is 6. The summed E-state index contributed by atoms with van der Waals surface area (Å²) in [5.41, 5.74) is 0.997. The first-order valence-corrected chi connectivity index (χ1v) is 7.46. The molecule has 2 N–H and O–H groups in total. The molecule has 0 radical (unpaired) electrons. The number of pyridine rings is 1. The largest absolute Gasteiger partial charge is 0.478 e. The van der Waals surface area contributed by atoms with Gasteiger partial charge in [-0.3, -0.25) is 0 Å². The number of carboxylic acid groups (broad SMARTS) is 1. The zero-order chi connectivity index (χ0) is 15.4. The van der Waals surface area contributed by atoms with Gasteiger partial charge in [0.25, 0.3) is 0 Å². The number of aromatic carboxylic acids is 1. The molecule has 4 heteroatoms. The molecule has 2 aromatic rings. The summed E-state index contributed by atoms with van der Waals surface area (Å²) in [7, 11) is 0. The van der Waals surface area contributed by atoms with Crippen molar-refractivity contribution in [3.05, 3.63) is 35.9 Å². The maximum atomic E-state index is 11.4. The fourth-order valence-corrected chi connectivity index (χ4v) is 2.77. The van der Waals surface area contributed by atoms with Crippen LogP contribution in [-0.2, 0) is 0 Å². The number of fused-ring (bicyclic) bond motifs is 1. The Kier molecular flexibility index (Phi) is 4.78. The Morgan fingerprint density at radius 3 is 2.57 bits per heavy atom. The molecular formula is C17H22N2O2. The van der Waals surface area contributed by atoms with E-state index in [1.807, 2.05) is 18.2 Å². The monoisotopic (exact) mass is 286 g/mol. The van der Waals surface area contributed by atoms with Crippen LogP contribution < -0.4 is 5.32 Å². The second-order valence-electron chi connectivity index (χ2n) is 5.39. The molecule has 1 atom stereocenters. The van der Waals surface area contributed by atoms with E-state index in [2.05, 4.69) is 31.1 Å². The maximum absolute atomic E-state index is 11.4. The van der Waals surface area contributed by atoms with Gasteiger partial charge in [-0.25, -0.2) is 9.78 Å². The Hall–Kier alpha value is -2.10. The van der Waals surface area contributed by atoms with E-state index in [-0.39, 0.29) is 6.04 Å². The van der Waals surface area contributed by atoms with E-state index in [0.29, 0.717) is 28.2 Å². The second-order valence-corrected chi connectivity index (χ2v) is 5.39. The predicted molar refractivity (Wildman–Crippen MR) is 85.9 cm³/mol. The molecule has 4 nitrogen and oxygen atoms in total. The van der Waals surface area contributed by atoms with Crippen LogP contribution in [0.15, 0.2) is 30.3 Å². The van der Waals surface area contributed by atoms with E-state index in [0.717, 1.165) is 12.8 Å². The van der Waals surface area contributed by atoms with E-state index in [1.54, 1.807) is 12.1 Å². The minimum absolute atomic E-state index is 0.260. The highest BCUT2D eigenvalue weighted by Crippen LogP contribution is 2.23. The minimum Gasteiger partial charge on any atom is -0.478 e. The van der Waals surface area contributed by atoms with Crippen LogP contribution in [0.2, 0.25) is 0 Å². The molecule has 112 valence electrons. The third-order valence-corrected chi connectivity index (χ3v) is 4.08. The molecule has 1 unspecified atom stereocenters. The fourth-order valence-electron chi connectivity index (χ4n) is 2.77. The Labute approximate surface area is 125 Å². The Morgan fingerprint density at radius 2 is 1.95 bits per heavy atom. The number of carbonyl (C=O) groups is 1. The van der Waals surface area contributed by atoms with Gasteiger partial charge in [0.1, 0.15) is 5.82 Å². The van der Waals surface area contributed by atoms with Crippen LogP contribution in [0.25, 0.3) is 10.9 Å². The zero-order valence-electron chi connectivity index (χ0n) is 12.8. The number of nitrogens with one attached hydrogen (secondary N) is 1. The number of benzene rings is 1. The molecule has 2 rings (SSSR count). The maximum Gasteiger partial charge on any atom is 0.336 e. The quantitative estimate of drug-likeness (QED) is 0.836. The van der Waals surface area contributed by atoms with E-state index < -0.39 is 5.97 Å². The molecule has 21 heavy (non-hydrogen) atoms. The molecule has 0 saturated carbocycles. The molecule has 0 bridgehead atoms. The van der Waals surface area contributed by atoms with Gasteiger partial charge in [0, 0.05) is 11.4 Å². The van der Waals surface area contributed by atoms with Gasteiger partial charge in [0.15, 0.2) is 0 Å². The van der Waals surface area contributed by atoms with E-state index in [9.17, 15) is 9.90 Å². The molecule has 0 aliphatic rings. The molecule has 1 heterocycles. The van der Waals surface area contributed by atoms with Crippen LogP contribution in [0, 0.1) is 5.92 Å². The second kappa shape index (κ2) is 6.57. The van der Waals surface area contributed by atoms with Crippen LogP contribution in [0.3, 0.4) is 0 Å². The van der Waals surface area contributed by atoms with Crippen LogP contribution in [0.1, 0.15) is 44.0 Å². The summed E-state index contributed by atoms with van der Waals surface area (Å²) in [6.07, 6.45) is 2.17. The van der Waals surface area contributed by atoms with Gasteiger partial charge in [-0.05, 0) is 25.0 Å². The van der Waals surface area contributed by atoms with Crippen molar-refractivity contribution in [1.29, 1.82) is 0 Å². The van der Waals surface area contributed by atoms with Crippen molar-refractivity contribution in [2.45, 2.75) is 39.7 Å². The predicted octanol–water partition coefficient (Wildman–Crippen LogP) is 4.17. The fraction of sp³-hybridized carbons (Fsp3) is 0.412. The van der Waals surface area contributed by atoms with Gasteiger partial charge < -0.3 is 10.4 Å². The number of nitrogens with zero attached hydrogens (tertiary/aromatic N) is 1. The molecule has 0 saturated heterocycles. The van der Waals surface area contributed by atoms with Crippen molar-refractivity contribution in [1.82, 2.24) is 4.98 Å². The average Bonchev–Trinajstić information content (AvgIpc) is 2.47. The Morgan fingerprint density at radius 1 is 1.29 bits per heavy atom. The molecule has 1 aromatic heterocycles. The number of carboxylic acids is 1. The summed E-state index contributed by atoms with van der Waals surface area (Å²) in [5, 5.41) is 13.4. The summed E-state index contributed by atoms with van der Waals surface area (Å²) in [4.78, 5) is 16.0. The molecule has 0 spiro atoms. The van der Waals surface area contributed by atoms with Crippen molar-refractivity contribution >= 4 is 22.7 Å². The number of para-hydroxylation sites is 1. The first kappa shape index (κ1) is 15.3. The van der Waals surface area contributed by atoms with Crippen LogP contribution in [0.5, 0.6) is 0 Å². The first-order valence-electron chi connectivity index (χ1n) is 7.46. The lowest BCUT2D eigenvalue weighted by molar-refractivity contribution is 0.0699. The van der Waals surface area contributed by atoms with Crippen molar-refractivity contribution in [2.24, 2.45) is 5.92 Å². The molecular weight excluding hydrogens is 264 g/mol. The van der Waals surface area contributed by atoms with E-state index in [1.165, 1.54) is 0 Å². The number of hydrogen-bond donors (Lipinski definition) is 2. The normalized spacial score (nSPS) is 12.6. The summed E-state index contributed by atoms with van der Waals surface area (Å²) in [6, 6.07) is 9.22. The Balaban J connectivity index is 2.39. The molecule has 0 fully saturated rings. The third kappa shape index (κ3) is 3.32. The smallest absolute Gasteiger partial charge is 0.336 e. The van der Waals surface area contributed by atoms with Crippen molar-refractivity contribution in [3.63, 3.8) is 0 Å². The lowest BCUT2D eigenvalue weighted by atomic mass is 9.95. The van der Waals surface area contributed by atoms with Crippen molar-refractivity contribution < 1.29 is 9.90 Å². The van der Waals surface area contributed by atoms with E-state index in [4.69, 9.17) is 0 Å². The number of anilines is 1. The Bertz CT molecular complexity index is 636. The summed E-state index contributed by atoms with van der Waals surface area (Å²) >= 11 is 0. The van der Waals surface area contributed by atoms with Gasteiger partial charge in [-0.15, -0.1) is 0 Å². The van der Waals surface area contributed by atoms with Crippen molar-refractivity contribution in [3.8, 4) is 0 Å². The van der Waals surface area contributed by atoms with Crippen LogP contribution in [0.4, 0.5) is 5.82 Å². The van der Waals surface area contributed by atoms with Gasteiger partial charge in [-0.2, -0.15) is 0 Å². The number of hydrogen-bond acceptors (Lipinski definition) is 3. The van der Waals surface area contributed by atoms with E-state index >= 15 is 0 Å². The molecule has 0 amide bonds. The van der Waals surface area contributed by atoms with Crippen LogP contribution >= 0.6 is 0 Å². The SMILES string of the molecule is CCC(CC)C(C)Nc1cc(C(=O)O)c2ccccc2n1. The molecule has 0 aliphatic heterocycles. The molecule has 0 aliphatic carbocycles. The van der Waals surface area contributed by atoms with Gasteiger partial charge in [-0.1, -0.05) is 44.9 Å². The van der Waals surface area contributed by atoms with Gasteiger partial charge in [0.05, 0.1) is 11.1 Å².